The number of hydrazine groups is 1. The summed E-state index contributed by atoms with van der Waals surface area (Å²) in [5, 5.41) is 1.93. The highest BCUT2D eigenvalue weighted by atomic mass is 32.1. The Morgan fingerprint density at radius 1 is 1.05 bits per heavy atom. The summed E-state index contributed by atoms with van der Waals surface area (Å²) in [5.74, 6) is 0. The molecular weight excluding hydrogens is 285 g/mol. The fraction of sp³-hybridized carbons (Fsp3) is 0.143. The maximum absolute atomic E-state index is 13.0. The fourth-order valence-electron chi connectivity index (χ4n) is 2.17. The van der Waals surface area contributed by atoms with E-state index < -0.39 is 17.8 Å². The highest BCUT2D eigenvalue weighted by Crippen LogP contribution is 2.36. The lowest BCUT2D eigenvalue weighted by Gasteiger charge is -2.16. The van der Waals surface area contributed by atoms with Crippen molar-refractivity contribution in [2.45, 2.75) is 12.2 Å². The lowest BCUT2D eigenvalue weighted by molar-refractivity contribution is -0.138. The second-order valence-electron chi connectivity index (χ2n) is 4.39. The fourth-order valence-corrected chi connectivity index (χ4v) is 2.88. The van der Waals surface area contributed by atoms with Gasteiger partial charge in [-0.25, -0.2) is 5.43 Å². The summed E-state index contributed by atoms with van der Waals surface area (Å²) < 4.78 is 39.0. The molecule has 1 aliphatic rings. The molecule has 0 aliphatic carbocycles. The molecule has 104 valence electrons. The Kier molecular flexibility index (Phi) is 3.27. The van der Waals surface area contributed by atoms with Crippen molar-refractivity contribution < 1.29 is 13.2 Å². The summed E-state index contributed by atoms with van der Waals surface area (Å²) in [6, 6.07) is 8.94. The average molecular weight is 296 g/mol. The second kappa shape index (κ2) is 4.96. The zero-order chi connectivity index (χ0) is 14.2. The van der Waals surface area contributed by atoms with E-state index in [4.69, 9.17) is 0 Å². The zero-order valence-corrected chi connectivity index (χ0v) is 11.1. The normalized spacial score (nSPS) is 18.8. The van der Waals surface area contributed by atoms with Gasteiger partial charge in [0, 0.05) is 0 Å². The van der Waals surface area contributed by atoms with Gasteiger partial charge in [-0.15, -0.1) is 11.3 Å². The Morgan fingerprint density at radius 3 is 2.55 bits per heavy atom. The van der Waals surface area contributed by atoms with Crippen LogP contribution in [0.2, 0.25) is 0 Å². The van der Waals surface area contributed by atoms with Crippen molar-refractivity contribution in [2.75, 3.05) is 0 Å². The summed E-state index contributed by atoms with van der Waals surface area (Å²) >= 11 is 1.53. The van der Waals surface area contributed by atoms with Crippen molar-refractivity contribution >= 4 is 17.0 Å². The highest BCUT2D eigenvalue weighted by molar-refractivity contribution is 7.11. The van der Waals surface area contributed by atoms with Crippen LogP contribution in [0, 0.1) is 0 Å². The molecule has 1 atom stereocenters. The largest absolute Gasteiger partial charge is 0.416 e. The summed E-state index contributed by atoms with van der Waals surface area (Å²) in [6.07, 6.45) is -2.58. The third kappa shape index (κ3) is 2.44. The number of rotatable bonds is 2. The minimum Gasteiger partial charge on any atom is -0.319 e. The van der Waals surface area contributed by atoms with Crippen molar-refractivity contribution in [3.8, 4) is 0 Å². The van der Waals surface area contributed by atoms with E-state index >= 15 is 0 Å². The smallest absolute Gasteiger partial charge is 0.319 e. The molecule has 6 heteroatoms. The van der Waals surface area contributed by atoms with Crippen LogP contribution in [0.4, 0.5) is 13.2 Å². The monoisotopic (exact) mass is 296 g/mol. The zero-order valence-electron chi connectivity index (χ0n) is 10.2. The number of halogens is 3. The first-order chi connectivity index (χ1) is 9.55. The lowest BCUT2D eigenvalue weighted by atomic mass is 10.00. The summed E-state index contributed by atoms with van der Waals surface area (Å²) in [4.78, 5) is 0.990. The molecule has 0 radical (unpaired) electrons. The average Bonchev–Trinajstić information content (AvgIpc) is 3.09. The van der Waals surface area contributed by atoms with Crippen LogP contribution in [0.25, 0.3) is 5.70 Å². The van der Waals surface area contributed by atoms with Crippen LogP contribution in [0.3, 0.4) is 0 Å². The molecule has 2 aromatic rings. The standard InChI is InChI=1S/C14H11F3N2S/c15-14(16,17)10-5-2-1-4-9(10)11-8-12(19-18-11)13-6-3-7-20-13/h1-8,11,18-19H. The summed E-state index contributed by atoms with van der Waals surface area (Å²) in [6.45, 7) is 0. The number of alkyl halides is 3. The van der Waals surface area contributed by atoms with Gasteiger partial charge in [0.25, 0.3) is 0 Å². The van der Waals surface area contributed by atoms with Gasteiger partial charge in [0.1, 0.15) is 0 Å². The molecule has 2 N–H and O–H groups in total. The maximum Gasteiger partial charge on any atom is 0.416 e. The number of thiophene rings is 1. The Labute approximate surface area is 117 Å². The third-order valence-electron chi connectivity index (χ3n) is 3.08. The number of benzene rings is 1. The molecule has 0 spiro atoms. The van der Waals surface area contributed by atoms with Crippen LogP contribution in [-0.2, 0) is 6.18 Å². The van der Waals surface area contributed by atoms with Crippen molar-refractivity contribution in [1.82, 2.24) is 10.9 Å². The molecule has 3 rings (SSSR count). The van der Waals surface area contributed by atoms with Gasteiger partial charge in [0.15, 0.2) is 0 Å². The van der Waals surface area contributed by atoms with Crippen LogP contribution in [0.1, 0.15) is 22.0 Å². The Morgan fingerprint density at radius 2 is 1.85 bits per heavy atom. The van der Waals surface area contributed by atoms with Crippen LogP contribution in [0.15, 0.2) is 47.9 Å². The number of hydrogen-bond acceptors (Lipinski definition) is 3. The van der Waals surface area contributed by atoms with Crippen LogP contribution in [0.5, 0.6) is 0 Å². The minimum absolute atomic E-state index is 0.221. The molecule has 1 aromatic heterocycles. The molecular formula is C14H11F3N2S. The van der Waals surface area contributed by atoms with E-state index in [-0.39, 0.29) is 5.56 Å². The molecule has 1 unspecified atom stereocenters. The topological polar surface area (TPSA) is 24.1 Å². The van der Waals surface area contributed by atoms with E-state index in [2.05, 4.69) is 10.9 Å². The van der Waals surface area contributed by atoms with Gasteiger partial charge in [-0.3, -0.25) is 0 Å². The van der Waals surface area contributed by atoms with E-state index in [1.165, 1.54) is 23.5 Å². The second-order valence-corrected chi connectivity index (χ2v) is 5.34. The van der Waals surface area contributed by atoms with Gasteiger partial charge in [-0.2, -0.15) is 13.2 Å². The summed E-state index contributed by atoms with van der Waals surface area (Å²) in [5.41, 5.74) is 6.25. The van der Waals surface area contributed by atoms with Gasteiger partial charge >= 0.3 is 6.18 Å². The first-order valence-corrected chi connectivity index (χ1v) is 6.87. The van der Waals surface area contributed by atoms with Crippen LogP contribution < -0.4 is 10.9 Å². The molecule has 0 bridgehead atoms. The van der Waals surface area contributed by atoms with Crippen molar-refractivity contribution in [1.29, 1.82) is 0 Å². The molecule has 0 saturated carbocycles. The van der Waals surface area contributed by atoms with Crippen LogP contribution in [-0.4, -0.2) is 0 Å². The molecule has 2 heterocycles. The molecule has 0 fully saturated rings. The van der Waals surface area contributed by atoms with E-state index in [0.29, 0.717) is 0 Å². The van der Waals surface area contributed by atoms with Gasteiger partial charge in [0.2, 0.25) is 0 Å². The molecule has 1 aliphatic heterocycles. The third-order valence-corrected chi connectivity index (χ3v) is 3.99. The van der Waals surface area contributed by atoms with Gasteiger partial charge in [-0.05, 0) is 29.2 Å². The maximum atomic E-state index is 13.0. The van der Waals surface area contributed by atoms with Crippen molar-refractivity contribution in [3.05, 3.63) is 63.9 Å². The molecule has 2 nitrogen and oxygen atoms in total. The first-order valence-electron chi connectivity index (χ1n) is 5.99. The van der Waals surface area contributed by atoms with Crippen molar-refractivity contribution in [2.24, 2.45) is 0 Å². The highest BCUT2D eigenvalue weighted by Gasteiger charge is 2.35. The molecule has 0 amide bonds. The van der Waals surface area contributed by atoms with Crippen LogP contribution >= 0.6 is 11.3 Å². The van der Waals surface area contributed by atoms with Crippen molar-refractivity contribution in [3.63, 3.8) is 0 Å². The van der Waals surface area contributed by atoms with E-state index in [1.807, 2.05) is 17.5 Å². The van der Waals surface area contributed by atoms with Gasteiger partial charge in [-0.1, -0.05) is 24.3 Å². The van der Waals surface area contributed by atoms with Gasteiger partial charge < -0.3 is 5.43 Å². The minimum atomic E-state index is -4.35. The molecule has 1 aromatic carbocycles. The van der Waals surface area contributed by atoms with E-state index in [0.717, 1.165) is 16.6 Å². The van der Waals surface area contributed by atoms with E-state index in [1.54, 1.807) is 12.1 Å². The first kappa shape index (κ1) is 13.2. The lowest BCUT2D eigenvalue weighted by Crippen LogP contribution is -2.27. The van der Waals surface area contributed by atoms with Gasteiger partial charge in [0.05, 0.1) is 22.2 Å². The Hall–Kier alpha value is -1.79. The predicted octanol–water partition coefficient (Wildman–Crippen LogP) is 3.96. The quantitative estimate of drug-likeness (QED) is 0.876. The number of hydrogen-bond donors (Lipinski definition) is 2. The summed E-state index contributed by atoms with van der Waals surface area (Å²) in [7, 11) is 0. The predicted molar refractivity (Wildman–Crippen MR) is 72.8 cm³/mol. The molecule has 20 heavy (non-hydrogen) atoms. The Bertz CT molecular complexity index is 632. The van der Waals surface area contributed by atoms with E-state index in [9.17, 15) is 13.2 Å². The Balaban J connectivity index is 1.96. The molecule has 0 saturated heterocycles. The number of nitrogens with one attached hydrogen (secondary N) is 2. The SMILES string of the molecule is FC(F)(F)c1ccccc1C1C=C(c2cccs2)NN1.